The molecule has 94 valence electrons. The Morgan fingerprint density at radius 1 is 1.18 bits per heavy atom. The van der Waals surface area contributed by atoms with Crippen molar-refractivity contribution in [2.24, 2.45) is 0 Å². The highest BCUT2D eigenvalue weighted by atomic mass is 32.2. The number of benzene rings is 1. The Kier molecular flexibility index (Phi) is 4.52. The molecule has 1 aromatic rings. The first-order chi connectivity index (χ1) is 8.15. The Hall–Kier alpha value is -0.470. The third-order valence-electron chi connectivity index (χ3n) is 3.42. The van der Waals surface area contributed by atoms with Crippen LogP contribution in [0.15, 0.2) is 18.2 Å². The SMILES string of the molecule is Cc1cc(C)cc(C(O)CSC2CCCC2)c1. The molecule has 1 aliphatic carbocycles. The van der Waals surface area contributed by atoms with Crippen LogP contribution in [0.25, 0.3) is 0 Å². The Morgan fingerprint density at radius 3 is 2.35 bits per heavy atom. The van der Waals surface area contributed by atoms with Crippen LogP contribution in [0.2, 0.25) is 0 Å². The smallest absolute Gasteiger partial charge is 0.0880 e. The van der Waals surface area contributed by atoms with E-state index < -0.39 is 0 Å². The maximum atomic E-state index is 10.2. The monoisotopic (exact) mass is 250 g/mol. The predicted molar refractivity (Wildman–Crippen MR) is 75.6 cm³/mol. The molecule has 2 rings (SSSR count). The molecule has 0 spiro atoms. The fraction of sp³-hybridized carbons (Fsp3) is 0.600. The van der Waals surface area contributed by atoms with Crippen molar-refractivity contribution in [1.29, 1.82) is 0 Å². The number of aryl methyl sites for hydroxylation is 2. The van der Waals surface area contributed by atoms with Gasteiger partial charge in [-0.05, 0) is 32.3 Å². The highest BCUT2D eigenvalue weighted by molar-refractivity contribution is 7.99. The van der Waals surface area contributed by atoms with Crippen LogP contribution < -0.4 is 0 Å². The Labute approximate surface area is 109 Å². The second-order valence-corrected chi connectivity index (χ2v) is 6.51. The number of aliphatic hydroxyl groups is 1. The van der Waals surface area contributed by atoms with Crippen LogP contribution in [0.4, 0.5) is 0 Å². The van der Waals surface area contributed by atoms with Crippen LogP contribution in [0.3, 0.4) is 0 Å². The van der Waals surface area contributed by atoms with Gasteiger partial charge in [-0.1, -0.05) is 42.2 Å². The van der Waals surface area contributed by atoms with E-state index in [4.69, 9.17) is 0 Å². The molecule has 1 fully saturated rings. The van der Waals surface area contributed by atoms with E-state index in [0.717, 1.165) is 16.6 Å². The third kappa shape index (κ3) is 3.75. The van der Waals surface area contributed by atoms with E-state index in [1.807, 2.05) is 11.8 Å². The first-order valence-corrected chi connectivity index (χ1v) is 7.58. The second-order valence-electron chi connectivity index (χ2n) is 5.18. The molecule has 1 aliphatic rings. The minimum absolute atomic E-state index is 0.306. The van der Waals surface area contributed by atoms with Crippen molar-refractivity contribution >= 4 is 11.8 Å². The van der Waals surface area contributed by atoms with Gasteiger partial charge in [0.1, 0.15) is 0 Å². The maximum Gasteiger partial charge on any atom is 0.0880 e. The van der Waals surface area contributed by atoms with Gasteiger partial charge in [0.05, 0.1) is 6.10 Å². The lowest BCUT2D eigenvalue weighted by Crippen LogP contribution is -2.05. The molecular formula is C15H22OS. The fourth-order valence-electron chi connectivity index (χ4n) is 2.58. The molecule has 1 atom stereocenters. The zero-order valence-corrected chi connectivity index (χ0v) is 11.6. The molecule has 1 aromatic carbocycles. The van der Waals surface area contributed by atoms with E-state index in [1.54, 1.807) is 0 Å². The van der Waals surface area contributed by atoms with Crippen LogP contribution in [0.5, 0.6) is 0 Å². The van der Waals surface area contributed by atoms with Crippen LogP contribution >= 0.6 is 11.8 Å². The molecule has 1 unspecified atom stereocenters. The Bertz CT molecular complexity index is 349. The topological polar surface area (TPSA) is 20.2 Å². The van der Waals surface area contributed by atoms with Crippen molar-refractivity contribution in [2.45, 2.75) is 50.9 Å². The fourth-order valence-corrected chi connectivity index (χ4v) is 3.89. The van der Waals surface area contributed by atoms with Crippen molar-refractivity contribution in [1.82, 2.24) is 0 Å². The molecular weight excluding hydrogens is 228 g/mol. The Balaban J connectivity index is 1.91. The van der Waals surface area contributed by atoms with Crippen molar-refractivity contribution in [3.63, 3.8) is 0 Å². The van der Waals surface area contributed by atoms with Crippen molar-refractivity contribution in [3.8, 4) is 0 Å². The molecule has 0 aromatic heterocycles. The summed E-state index contributed by atoms with van der Waals surface area (Å²) in [6.45, 7) is 4.18. The molecule has 0 aliphatic heterocycles. The maximum absolute atomic E-state index is 10.2. The lowest BCUT2D eigenvalue weighted by molar-refractivity contribution is 0.204. The predicted octanol–water partition coefficient (Wildman–Crippen LogP) is 4.01. The largest absolute Gasteiger partial charge is 0.388 e. The first-order valence-electron chi connectivity index (χ1n) is 6.53. The molecule has 0 saturated heterocycles. The molecule has 1 N–H and O–H groups in total. The van der Waals surface area contributed by atoms with Gasteiger partial charge < -0.3 is 5.11 Å². The minimum Gasteiger partial charge on any atom is -0.388 e. The van der Waals surface area contributed by atoms with E-state index in [9.17, 15) is 5.11 Å². The summed E-state index contributed by atoms with van der Waals surface area (Å²) in [5, 5.41) is 11.0. The quantitative estimate of drug-likeness (QED) is 0.871. The van der Waals surface area contributed by atoms with Gasteiger partial charge in [-0.15, -0.1) is 0 Å². The lowest BCUT2D eigenvalue weighted by Gasteiger charge is -2.15. The van der Waals surface area contributed by atoms with E-state index in [-0.39, 0.29) is 6.10 Å². The molecule has 1 nitrogen and oxygen atoms in total. The van der Waals surface area contributed by atoms with Gasteiger partial charge in [0.25, 0.3) is 0 Å². The van der Waals surface area contributed by atoms with Gasteiger partial charge in [0.15, 0.2) is 0 Å². The summed E-state index contributed by atoms with van der Waals surface area (Å²) in [4.78, 5) is 0. The van der Waals surface area contributed by atoms with E-state index in [2.05, 4.69) is 32.0 Å². The molecule has 0 bridgehead atoms. The van der Waals surface area contributed by atoms with Crippen LogP contribution in [0.1, 0.15) is 48.5 Å². The van der Waals surface area contributed by atoms with Gasteiger partial charge in [0, 0.05) is 11.0 Å². The Morgan fingerprint density at radius 2 is 1.76 bits per heavy atom. The van der Waals surface area contributed by atoms with Crippen LogP contribution in [0, 0.1) is 13.8 Å². The summed E-state index contributed by atoms with van der Waals surface area (Å²) >= 11 is 1.95. The standard InChI is InChI=1S/C15H22OS/c1-11-7-12(2)9-13(8-11)15(16)10-17-14-5-3-4-6-14/h7-9,14-16H,3-6,10H2,1-2H3. The van der Waals surface area contributed by atoms with Crippen LogP contribution in [-0.4, -0.2) is 16.1 Å². The second kappa shape index (κ2) is 5.92. The highest BCUT2D eigenvalue weighted by Gasteiger charge is 2.17. The van der Waals surface area contributed by atoms with Gasteiger partial charge in [0.2, 0.25) is 0 Å². The van der Waals surface area contributed by atoms with Crippen molar-refractivity contribution in [3.05, 3.63) is 34.9 Å². The zero-order valence-electron chi connectivity index (χ0n) is 10.8. The number of rotatable bonds is 4. The van der Waals surface area contributed by atoms with Gasteiger partial charge in [-0.2, -0.15) is 11.8 Å². The summed E-state index contributed by atoms with van der Waals surface area (Å²) in [6.07, 6.45) is 5.11. The van der Waals surface area contributed by atoms with Crippen molar-refractivity contribution < 1.29 is 5.11 Å². The van der Waals surface area contributed by atoms with Crippen LogP contribution in [-0.2, 0) is 0 Å². The summed E-state index contributed by atoms with van der Waals surface area (Å²) in [7, 11) is 0. The van der Waals surface area contributed by atoms with E-state index in [0.29, 0.717) is 0 Å². The van der Waals surface area contributed by atoms with Gasteiger partial charge in [-0.25, -0.2) is 0 Å². The number of hydrogen-bond donors (Lipinski definition) is 1. The van der Waals surface area contributed by atoms with Crippen molar-refractivity contribution in [2.75, 3.05) is 5.75 Å². The molecule has 2 heteroatoms. The number of thioether (sulfide) groups is 1. The van der Waals surface area contributed by atoms with Gasteiger partial charge >= 0.3 is 0 Å². The molecule has 0 amide bonds. The molecule has 17 heavy (non-hydrogen) atoms. The lowest BCUT2D eigenvalue weighted by atomic mass is 10.0. The number of aliphatic hydroxyl groups excluding tert-OH is 1. The minimum atomic E-state index is -0.306. The first kappa shape index (κ1) is 13.0. The van der Waals surface area contributed by atoms with Gasteiger partial charge in [-0.3, -0.25) is 0 Å². The van der Waals surface area contributed by atoms with E-state index >= 15 is 0 Å². The number of hydrogen-bond acceptors (Lipinski definition) is 2. The van der Waals surface area contributed by atoms with E-state index in [1.165, 1.54) is 36.8 Å². The summed E-state index contributed by atoms with van der Waals surface area (Å²) in [5.41, 5.74) is 3.56. The average molecular weight is 250 g/mol. The average Bonchev–Trinajstić information content (AvgIpc) is 2.77. The summed E-state index contributed by atoms with van der Waals surface area (Å²) < 4.78 is 0. The summed E-state index contributed by atoms with van der Waals surface area (Å²) in [6, 6.07) is 6.36. The highest BCUT2D eigenvalue weighted by Crippen LogP contribution is 2.32. The zero-order chi connectivity index (χ0) is 12.3. The summed E-state index contributed by atoms with van der Waals surface area (Å²) in [5.74, 6) is 0.841. The third-order valence-corrected chi connectivity index (χ3v) is 4.87. The molecule has 0 radical (unpaired) electrons. The molecule has 0 heterocycles. The normalized spacial score (nSPS) is 18.5. The molecule has 1 saturated carbocycles.